The molecular formula is C20H28N4O4. The first-order chi connectivity index (χ1) is 13.2. The van der Waals surface area contributed by atoms with E-state index in [4.69, 9.17) is 4.74 Å². The first-order valence-electron chi connectivity index (χ1n) is 9.39. The summed E-state index contributed by atoms with van der Waals surface area (Å²) in [6, 6.07) is 7.34. The Morgan fingerprint density at radius 3 is 2.36 bits per heavy atom. The Bertz CT molecular complexity index is 812. The van der Waals surface area contributed by atoms with Crippen LogP contribution in [0.4, 0.5) is 0 Å². The standard InChI is InChI=1S/C20H28N4O4/c1-12(2)10-15(20(26)27)11-21-19(25)18-14(5)24(23-22-18)16-6-8-17(9-7-16)28-13(3)4/h6-9,12-13,15H,10-11H2,1-5H3,(H,21,25)(H,26,27). The van der Waals surface area contributed by atoms with Gasteiger partial charge >= 0.3 is 5.97 Å². The average Bonchev–Trinajstić information content (AvgIpc) is 2.99. The number of hydrogen-bond donors (Lipinski definition) is 2. The third kappa shape index (κ3) is 5.55. The number of benzene rings is 1. The summed E-state index contributed by atoms with van der Waals surface area (Å²) in [6.07, 6.45) is 0.575. The highest BCUT2D eigenvalue weighted by molar-refractivity contribution is 5.93. The van der Waals surface area contributed by atoms with Gasteiger partial charge in [-0.2, -0.15) is 0 Å². The van der Waals surface area contributed by atoms with Crippen molar-refractivity contribution in [1.82, 2.24) is 20.3 Å². The second-order valence-electron chi connectivity index (χ2n) is 7.47. The van der Waals surface area contributed by atoms with Gasteiger partial charge in [-0.25, -0.2) is 4.68 Å². The van der Waals surface area contributed by atoms with Gasteiger partial charge in [-0.1, -0.05) is 19.1 Å². The molecule has 0 radical (unpaired) electrons. The van der Waals surface area contributed by atoms with E-state index in [0.717, 1.165) is 11.4 Å². The highest BCUT2D eigenvalue weighted by atomic mass is 16.5. The number of carbonyl (C=O) groups excluding carboxylic acids is 1. The third-order valence-corrected chi connectivity index (χ3v) is 4.18. The number of nitrogens with zero attached hydrogens (tertiary/aromatic N) is 3. The molecule has 0 saturated carbocycles. The van der Waals surface area contributed by atoms with Gasteiger partial charge in [0.15, 0.2) is 5.69 Å². The van der Waals surface area contributed by atoms with Crippen molar-refractivity contribution in [3.05, 3.63) is 35.7 Å². The molecule has 1 amide bonds. The van der Waals surface area contributed by atoms with E-state index >= 15 is 0 Å². The number of carboxylic acids is 1. The van der Waals surface area contributed by atoms with Crippen LogP contribution in [0.25, 0.3) is 5.69 Å². The first-order valence-corrected chi connectivity index (χ1v) is 9.39. The van der Waals surface area contributed by atoms with Crippen molar-refractivity contribution < 1.29 is 19.4 Å². The van der Waals surface area contributed by atoms with E-state index in [1.807, 2.05) is 52.0 Å². The van der Waals surface area contributed by atoms with Crippen LogP contribution in [0.1, 0.15) is 50.3 Å². The SMILES string of the molecule is Cc1c(C(=O)NCC(CC(C)C)C(=O)O)nnn1-c1ccc(OC(C)C)cc1. The molecule has 2 rings (SSSR count). The van der Waals surface area contributed by atoms with Crippen molar-refractivity contribution in [3.63, 3.8) is 0 Å². The number of amides is 1. The Labute approximate surface area is 164 Å². The predicted molar refractivity (Wildman–Crippen MR) is 105 cm³/mol. The van der Waals surface area contributed by atoms with E-state index in [1.54, 1.807) is 11.6 Å². The lowest BCUT2D eigenvalue weighted by molar-refractivity contribution is -0.142. The van der Waals surface area contributed by atoms with Crippen LogP contribution in [0.5, 0.6) is 5.75 Å². The number of aromatic nitrogens is 3. The summed E-state index contributed by atoms with van der Waals surface area (Å²) in [5.41, 5.74) is 1.50. The monoisotopic (exact) mass is 388 g/mol. The third-order valence-electron chi connectivity index (χ3n) is 4.18. The molecule has 0 aliphatic carbocycles. The van der Waals surface area contributed by atoms with Gasteiger partial charge in [0.2, 0.25) is 0 Å². The molecule has 0 saturated heterocycles. The molecule has 0 aliphatic rings. The molecule has 152 valence electrons. The van der Waals surface area contributed by atoms with E-state index in [2.05, 4.69) is 15.6 Å². The van der Waals surface area contributed by atoms with Gasteiger partial charge in [-0.15, -0.1) is 5.10 Å². The van der Waals surface area contributed by atoms with E-state index < -0.39 is 17.8 Å². The fraction of sp³-hybridized carbons (Fsp3) is 0.500. The molecule has 2 aromatic rings. The lowest BCUT2D eigenvalue weighted by Gasteiger charge is -2.15. The molecule has 8 nitrogen and oxygen atoms in total. The summed E-state index contributed by atoms with van der Waals surface area (Å²) < 4.78 is 7.19. The maximum Gasteiger partial charge on any atom is 0.308 e. The van der Waals surface area contributed by atoms with Gasteiger partial charge in [-0.05, 0) is 57.4 Å². The quantitative estimate of drug-likeness (QED) is 0.684. The Kier molecular flexibility index (Phi) is 7.14. The minimum atomic E-state index is -0.918. The number of carbonyl (C=O) groups is 2. The number of aliphatic carboxylic acids is 1. The number of rotatable bonds is 9. The fourth-order valence-electron chi connectivity index (χ4n) is 2.86. The summed E-state index contributed by atoms with van der Waals surface area (Å²) in [5.74, 6) is -1.01. The molecule has 1 heterocycles. The molecule has 1 aromatic heterocycles. The number of carboxylic acid groups (broad SMARTS) is 1. The van der Waals surface area contributed by atoms with Gasteiger partial charge in [0.1, 0.15) is 5.75 Å². The molecule has 0 bridgehead atoms. The fourth-order valence-corrected chi connectivity index (χ4v) is 2.86. The average molecular weight is 388 g/mol. The maximum atomic E-state index is 12.5. The van der Waals surface area contributed by atoms with Crippen LogP contribution in [0.2, 0.25) is 0 Å². The molecule has 1 atom stereocenters. The minimum Gasteiger partial charge on any atom is -0.491 e. The summed E-state index contributed by atoms with van der Waals surface area (Å²) in [5, 5.41) is 20.0. The topological polar surface area (TPSA) is 106 Å². The summed E-state index contributed by atoms with van der Waals surface area (Å²) >= 11 is 0. The molecule has 0 fully saturated rings. The van der Waals surface area contributed by atoms with E-state index in [9.17, 15) is 14.7 Å². The van der Waals surface area contributed by atoms with Crippen LogP contribution in [0.3, 0.4) is 0 Å². The van der Waals surface area contributed by atoms with Crippen LogP contribution in [-0.2, 0) is 4.79 Å². The van der Waals surface area contributed by atoms with Crippen molar-refractivity contribution in [2.75, 3.05) is 6.54 Å². The molecule has 8 heteroatoms. The van der Waals surface area contributed by atoms with Gasteiger partial charge in [-0.3, -0.25) is 9.59 Å². The summed E-state index contributed by atoms with van der Waals surface area (Å²) in [7, 11) is 0. The summed E-state index contributed by atoms with van der Waals surface area (Å²) in [4.78, 5) is 23.8. The highest BCUT2D eigenvalue weighted by Gasteiger charge is 2.22. The van der Waals surface area contributed by atoms with Gasteiger partial charge in [0.05, 0.1) is 23.4 Å². The Balaban J connectivity index is 2.09. The van der Waals surface area contributed by atoms with Crippen LogP contribution < -0.4 is 10.1 Å². The molecule has 2 N–H and O–H groups in total. The summed E-state index contributed by atoms with van der Waals surface area (Å²) in [6.45, 7) is 9.61. The zero-order chi connectivity index (χ0) is 20.8. The molecule has 28 heavy (non-hydrogen) atoms. The number of hydrogen-bond acceptors (Lipinski definition) is 5. The smallest absolute Gasteiger partial charge is 0.308 e. The Morgan fingerprint density at radius 1 is 1.18 bits per heavy atom. The van der Waals surface area contributed by atoms with Crippen molar-refractivity contribution in [1.29, 1.82) is 0 Å². The van der Waals surface area contributed by atoms with Gasteiger partial charge < -0.3 is 15.2 Å². The largest absolute Gasteiger partial charge is 0.491 e. The van der Waals surface area contributed by atoms with Crippen molar-refractivity contribution in [3.8, 4) is 11.4 Å². The van der Waals surface area contributed by atoms with Crippen LogP contribution in [-0.4, -0.2) is 44.6 Å². The molecule has 0 aliphatic heterocycles. The zero-order valence-corrected chi connectivity index (χ0v) is 17.0. The van der Waals surface area contributed by atoms with Gasteiger partial charge in [0.25, 0.3) is 5.91 Å². The lowest BCUT2D eigenvalue weighted by Crippen LogP contribution is -2.34. The second kappa shape index (κ2) is 9.34. The zero-order valence-electron chi connectivity index (χ0n) is 17.0. The lowest BCUT2D eigenvalue weighted by atomic mass is 9.97. The number of nitrogens with one attached hydrogen (secondary N) is 1. The van der Waals surface area contributed by atoms with Crippen molar-refractivity contribution in [2.45, 2.75) is 47.1 Å². The maximum absolute atomic E-state index is 12.5. The minimum absolute atomic E-state index is 0.0554. The number of ether oxygens (including phenoxy) is 1. The van der Waals surface area contributed by atoms with Crippen LogP contribution in [0, 0.1) is 18.8 Å². The molecule has 1 aromatic carbocycles. The van der Waals surface area contributed by atoms with E-state index in [0.29, 0.717) is 12.1 Å². The van der Waals surface area contributed by atoms with Crippen molar-refractivity contribution in [2.24, 2.45) is 11.8 Å². The second-order valence-corrected chi connectivity index (χ2v) is 7.47. The molecule has 1 unspecified atom stereocenters. The normalized spacial score (nSPS) is 12.2. The van der Waals surface area contributed by atoms with E-state index in [1.165, 1.54) is 0 Å². The van der Waals surface area contributed by atoms with E-state index in [-0.39, 0.29) is 24.3 Å². The molecule has 0 spiro atoms. The highest BCUT2D eigenvalue weighted by Crippen LogP contribution is 2.18. The van der Waals surface area contributed by atoms with Crippen LogP contribution >= 0.6 is 0 Å². The Hall–Kier alpha value is -2.90. The Morgan fingerprint density at radius 2 is 1.82 bits per heavy atom. The first kappa shape index (κ1) is 21.4. The van der Waals surface area contributed by atoms with Crippen LogP contribution in [0.15, 0.2) is 24.3 Å². The molecular weight excluding hydrogens is 360 g/mol. The van der Waals surface area contributed by atoms with Gasteiger partial charge in [0, 0.05) is 6.54 Å². The van der Waals surface area contributed by atoms with Crippen molar-refractivity contribution >= 4 is 11.9 Å². The predicted octanol–water partition coefficient (Wildman–Crippen LogP) is 2.84.